The molecule has 0 radical (unpaired) electrons. The summed E-state index contributed by atoms with van der Waals surface area (Å²) in [5.74, 6) is 1.81. The fraction of sp³-hybridized carbons (Fsp3) is 0.714. The summed E-state index contributed by atoms with van der Waals surface area (Å²) in [5.41, 5.74) is 1.05. The van der Waals surface area contributed by atoms with Gasteiger partial charge in [0, 0.05) is 31.2 Å². The summed E-state index contributed by atoms with van der Waals surface area (Å²) in [6, 6.07) is 0.295. The molecule has 0 spiro atoms. The van der Waals surface area contributed by atoms with Gasteiger partial charge >= 0.3 is 0 Å². The molecule has 2 rings (SSSR count). The quantitative estimate of drug-likeness (QED) is 0.828. The van der Waals surface area contributed by atoms with Gasteiger partial charge in [-0.3, -0.25) is 0 Å². The number of hydrogen-bond donors (Lipinski definition) is 2. The number of aromatic nitrogens is 2. The Bertz CT molecular complexity index is 451. The first kappa shape index (κ1) is 15.0. The standard InChI is InChI=1S/C14H25N5O/c1-5-15-13-10(2)14(17-9-16-13)19-8-12(20)6-11(19)7-18(3)4/h9,11-12,20H,5-8H2,1-4H3,(H,15,16,17). The highest BCUT2D eigenvalue weighted by Gasteiger charge is 2.33. The van der Waals surface area contributed by atoms with Gasteiger partial charge in [0.2, 0.25) is 0 Å². The largest absolute Gasteiger partial charge is 0.391 e. The van der Waals surface area contributed by atoms with Gasteiger partial charge in [-0.05, 0) is 34.4 Å². The topological polar surface area (TPSA) is 64.5 Å². The number of hydrogen-bond acceptors (Lipinski definition) is 6. The van der Waals surface area contributed by atoms with Crippen LogP contribution in [-0.4, -0.2) is 65.8 Å². The molecule has 2 heterocycles. The molecule has 6 nitrogen and oxygen atoms in total. The predicted octanol–water partition coefficient (Wildman–Crippen LogP) is 0.718. The average molecular weight is 279 g/mol. The zero-order valence-corrected chi connectivity index (χ0v) is 12.8. The monoisotopic (exact) mass is 279 g/mol. The second-order valence-electron chi connectivity index (χ2n) is 5.66. The van der Waals surface area contributed by atoms with Crippen molar-refractivity contribution in [3.8, 4) is 0 Å². The second kappa shape index (κ2) is 6.37. The number of likely N-dealkylation sites (N-methyl/N-ethyl adjacent to an activating group) is 1. The number of anilines is 2. The van der Waals surface area contributed by atoms with E-state index in [0.29, 0.717) is 12.6 Å². The Labute approximate surface area is 120 Å². The third-order valence-electron chi connectivity index (χ3n) is 3.64. The Hall–Kier alpha value is -1.40. The molecule has 2 N–H and O–H groups in total. The molecule has 0 aliphatic carbocycles. The Morgan fingerprint density at radius 2 is 2.20 bits per heavy atom. The van der Waals surface area contributed by atoms with Crippen LogP contribution in [0.25, 0.3) is 0 Å². The van der Waals surface area contributed by atoms with Crippen molar-refractivity contribution in [2.45, 2.75) is 32.4 Å². The maximum Gasteiger partial charge on any atom is 0.137 e. The summed E-state index contributed by atoms with van der Waals surface area (Å²) < 4.78 is 0. The lowest BCUT2D eigenvalue weighted by atomic mass is 10.2. The summed E-state index contributed by atoms with van der Waals surface area (Å²) >= 11 is 0. The molecule has 0 bridgehead atoms. The van der Waals surface area contributed by atoms with Crippen molar-refractivity contribution >= 4 is 11.6 Å². The van der Waals surface area contributed by atoms with Crippen LogP contribution >= 0.6 is 0 Å². The van der Waals surface area contributed by atoms with Crippen molar-refractivity contribution < 1.29 is 5.11 Å². The van der Waals surface area contributed by atoms with Gasteiger partial charge in [-0.15, -0.1) is 0 Å². The van der Waals surface area contributed by atoms with Gasteiger partial charge in [0.1, 0.15) is 18.0 Å². The van der Waals surface area contributed by atoms with Crippen LogP contribution in [0.2, 0.25) is 0 Å². The van der Waals surface area contributed by atoms with Gasteiger partial charge in [0.05, 0.1) is 6.10 Å². The van der Waals surface area contributed by atoms with Crippen LogP contribution < -0.4 is 10.2 Å². The van der Waals surface area contributed by atoms with Crippen molar-refractivity contribution in [2.75, 3.05) is 43.9 Å². The minimum absolute atomic E-state index is 0.281. The molecule has 1 aliphatic heterocycles. The van der Waals surface area contributed by atoms with E-state index in [4.69, 9.17) is 0 Å². The zero-order valence-electron chi connectivity index (χ0n) is 12.8. The summed E-state index contributed by atoms with van der Waals surface area (Å²) in [6.07, 6.45) is 2.10. The van der Waals surface area contributed by atoms with Crippen molar-refractivity contribution in [2.24, 2.45) is 0 Å². The third kappa shape index (κ3) is 3.19. The van der Waals surface area contributed by atoms with E-state index in [0.717, 1.165) is 36.7 Å². The van der Waals surface area contributed by atoms with Gasteiger partial charge < -0.3 is 20.2 Å². The van der Waals surface area contributed by atoms with E-state index >= 15 is 0 Å². The lowest BCUT2D eigenvalue weighted by Gasteiger charge is -2.29. The van der Waals surface area contributed by atoms with Crippen LogP contribution in [0, 0.1) is 6.92 Å². The van der Waals surface area contributed by atoms with E-state index in [-0.39, 0.29) is 6.10 Å². The summed E-state index contributed by atoms with van der Waals surface area (Å²) in [5, 5.41) is 13.2. The molecule has 2 atom stereocenters. The lowest BCUT2D eigenvalue weighted by molar-refractivity contribution is 0.191. The molecule has 2 unspecified atom stereocenters. The van der Waals surface area contributed by atoms with Crippen LogP contribution in [-0.2, 0) is 0 Å². The first-order valence-corrected chi connectivity index (χ1v) is 7.17. The van der Waals surface area contributed by atoms with Crippen molar-refractivity contribution in [3.05, 3.63) is 11.9 Å². The fourth-order valence-corrected chi connectivity index (χ4v) is 2.82. The molecule has 112 valence electrons. The maximum atomic E-state index is 9.99. The first-order chi connectivity index (χ1) is 9.52. The highest BCUT2D eigenvalue weighted by Crippen LogP contribution is 2.29. The number of nitrogens with one attached hydrogen (secondary N) is 1. The number of β-amino-alcohol motifs (C(OH)–C–C–N with tert-alkyl or cyclic N) is 1. The summed E-state index contributed by atoms with van der Waals surface area (Å²) in [6.45, 7) is 6.47. The molecule has 6 heteroatoms. The van der Waals surface area contributed by atoms with E-state index in [1.807, 2.05) is 6.92 Å². The summed E-state index contributed by atoms with van der Waals surface area (Å²) in [4.78, 5) is 13.1. The van der Waals surface area contributed by atoms with Crippen molar-refractivity contribution in [1.82, 2.24) is 14.9 Å². The second-order valence-corrected chi connectivity index (χ2v) is 5.66. The molecule has 1 fully saturated rings. The normalized spacial score (nSPS) is 22.6. The fourth-order valence-electron chi connectivity index (χ4n) is 2.82. The minimum Gasteiger partial charge on any atom is -0.391 e. The maximum absolute atomic E-state index is 9.99. The smallest absolute Gasteiger partial charge is 0.137 e. The highest BCUT2D eigenvalue weighted by molar-refractivity contribution is 5.59. The van der Waals surface area contributed by atoms with E-state index < -0.39 is 0 Å². The molecule has 1 saturated heterocycles. The lowest BCUT2D eigenvalue weighted by Crippen LogP contribution is -2.38. The zero-order chi connectivity index (χ0) is 14.7. The molecule has 1 aromatic heterocycles. The average Bonchev–Trinajstić information content (AvgIpc) is 2.72. The Morgan fingerprint density at radius 3 is 2.85 bits per heavy atom. The molecule has 1 aliphatic rings. The third-order valence-corrected chi connectivity index (χ3v) is 3.64. The van der Waals surface area contributed by atoms with E-state index in [1.165, 1.54) is 0 Å². The molecular formula is C14H25N5O. The highest BCUT2D eigenvalue weighted by atomic mass is 16.3. The van der Waals surface area contributed by atoms with Crippen LogP contribution in [0.15, 0.2) is 6.33 Å². The number of nitrogens with zero attached hydrogens (tertiary/aromatic N) is 4. The SMILES string of the molecule is CCNc1ncnc(N2CC(O)CC2CN(C)C)c1C. The van der Waals surface area contributed by atoms with Crippen molar-refractivity contribution in [3.63, 3.8) is 0 Å². The van der Waals surface area contributed by atoms with Crippen LogP contribution in [0.3, 0.4) is 0 Å². The van der Waals surface area contributed by atoms with Gasteiger partial charge in [-0.2, -0.15) is 0 Å². The number of aliphatic hydroxyl groups excluding tert-OH is 1. The number of rotatable bonds is 5. The summed E-state index contributed by atoms with van der Waals surface area (Å²) in [7, 11) is 4.11. The van der Waals surface area contributed by atoms with E-state index in [9.17, 15) is 5.11 Å². The van der Waals surface area contributed by atoms with Gasteiger partial charge in [0.25, 0.3) is 0 Å². The van der Waals surface area contributed by atoms with Gasteiger partial charge in [-0.1, -0.05) is 0 Å². The Balaban J connectivity index is 2.26. The van der Waals surface area contributed by atoms with E-state index in [1.54, 1.807) is 6.33 Å². The minimum atomic E-state index is -0.281. The Morgan fingerprint density at radius 1 is 1.45 bits per heavy atom. The molecule has 0 saturated carbocycles. The van der Waals surface area contributed by atoms with Gasteiger partial charge in [-0.25, -0.2) is 9.97 Å². The predicted molar refractivity (Wildman–Crippen MR) is 81.2 cm³/mol. The Kier molecular flexibility index (Phi) is 4.77. The first-order valence-electron chi connectivity index (χ1n) is 7.17. The van der Waals surface area contributed by atoms with Crippen molar-refractivity contribution in [1.29, 1.82) is 0 Å². The molecule has 0 amide bonds. The van der Waals surface area contributed by atoms with Crippen LogP contribution in [0.1, 0.15) is 18.9 Å². The van der Waals surface area contributed by atoms with E-state index in [2.05, 4.69) is 46.1 Å². The molecule has 0 aromatic carbocycles. The molecule has 20 heavy (non-hydrogen) atoms. The van der Waals surface area contributed by atoms with Gasteiger partial charge in [0.15, 0.2) is 0 Å². The molecule has 1 aromatic rings. The van der Waals surface area contributed by atoms with Crippen LogP contribution in [0.4, 0.5) is 11.6 Å². The van der Waals surface area contributed by atoms with Crippen LogP contribution in [0.5, 0.6) is 0 Å². The number of aliphatic hydroxyl groups is 1. The molecular weight excluding hydrogens is 254 g/mol.